The number of sulfonamides is 1. The second-order valence-electron chi connectivity index (χ2n) is 4.50. The van der Waals surface area contributed by atoms with Crippen molar-refractivity contribution in [2.24, 2.45) is 0 Å². The van der Waals surface area contributed by atoms with Crippen molar-refractivity contribution in [2.75, 3.05) is 6.54 Å². The van der Waals surface area contributed by atoms with Gasteiger partial charge in [-0.3, -0.25) is 0 Å². The lowest BCUT2D eigenvalue weighted by atomic mass is 10.1. The predicted molar refractivity (Wildman–Crippen MR) is 81.5 cm³/mol. The number of hydrogen-bond acceptors (Lipinski definition) is 2. The van der Waals surface area contributed by atoms with Crippen LogP contribution in [-0.4, -0.2) is 15.0 Å². The van der Waals surface area contributed by atoms with Crippen LogP contribution in [0.15, 0.2) is 53.4 Å². The van der Waals surface area contributed by atoms with Gasteiger partial charge in [0, 0.05) is 6.54 Å². The summed E-state index contributed by atoms with van der Waals surface area (Å²) in [6, 6.07) is 14.3. The van der Waals surface area contributed by atoms with Crippen LogP contribution in [0.2, 0.25) is 5.02 Å². The minimum Gasteiger partial charge on any atom is -0.211 e. The summed E-state index contributed by atoms with van der Waals surface area (Å²) >= 11 is 5.91. The van der Waals surface area contributed by atoms with E-state index in [9.17, 15) is 8.42 Å². The summed E-state index contributed by atoms with van der Waals surface area (Å²) < 4.78 is 26.8. The normalized spacial score (nSPS) is 11.5. The van der Waals surface area contributed by atoms with E-state index in [-0.39, 0.29) is 9.92 Å². The molecular weight excluding hydrogens is 294 g/mol. The molecule has 0 unspecified atom stereocenters. The first-order valence-electron chi connectivity index (χ1n) is 6.29. The third-order valence-electron chi connectivity index (χ3n) is 3.07. The molecule has 2 aromatic rings. The van der Waals surface area contributed by atoms with Gasteiger partial charge in [0.2, 0.25) is 10.0 Å². The van der Waals surface area contributed by atoms with Gasteiger partial charge >= 0.3 is 0 Å². The molecule has 0 aliphatic heterocycles. The predicted octanol–water partition coefficient (Wildman–Crippen LogP) is 3.17. The Bertz CT molecular complexity index is 699. The largest absolute Gasteiger partial charge is 0.242 e. The van der Waals surface area contributed by atoms with Crippen molar-refractivity contribution in [1.82, 2.24) is 4.72 Å². The molecule has 1 N–H and O–H groups in total. The first-order chi connectivity index (χ1) is 9.50. The Balaban J connectivity index is 2.04. The second-order valence-corrected chi connectivity index (χ2v) is 6.65. The Labute approximate surface area is 124 Å². The summed E-state index contributed by atoms with van der Waals surface area (Å²) in [5, 5.41) is 0.232. The summed E-state index contributed by atoms with van der Waals surface area (Å²) in [4.78, 5) is 0.117. The van der Waals surface area contributed by atoms with Crippen LogP contribution in [0, 0.1) is 6.92 Å². The van der Waals surface area contributed by atoms with Gasteiger partial charge in [-0.2, -0.15) is 0 Å². The van der Waals surface area contributed by atoms with Crippen LogP contribution < -0.4 is 4.72 Å². The van der Waals surface area contributed by atoms with E-state index >= 15 is 0 Å². The van der Waals surface area contributed by atoms with Gasteiger partial charge in [-0.1, -0.05) is 48.0 Å². The van der Waals surface area contributed by atoms with E-state index in [2.05, 4.69) is 4.72 Å². The Morgan fingerprint density at radius 2 is 1.70 bits per heavy atom. The molecule has 3 nitrogen and oxygen atoms in total. The standard InChI is InChI=1S/C15H16ClNO2S/c1-12-6-2-3-7-13(12)10-11-17-20(18,19)15-9-5-4-8-14(15)16/h2-9,17H,10-11H2,1H3. The van der Waals surface area contributed by atoms with E-state index in [0.29, 0.717) is 13.0 Å². The molecule has 0 spiro atoms. The average molecular weight is 310 g/mol. The van der Waals surface area contributed by atoms with Gasteiger partial charge in [0.05, 0.1) is 5.02 Å². The van der Waals surface area contributed by atoms with Crippen molar-refractivity contribution < 1.29 is 8.42 Å². The lowest BCUT2D eigenvalue weighted by Crippen LogP contribution is -2.26. The van der Waals surface area contributed by atoms with Crippen LogP contribution >= 0.6 is 11.6 Å². The van der Waals surface area contributed by atoms with Crippen molar-refractivity contribution in [1.29, 1.82) is 0 Å². The van der Waals surface area contributed by atoms with E-state index in [1.54, 1.807) is 18.2 Å². The van der Waals surface area contributed by atoms with Gasteiger partial charge < -0.3 is 0 Å². The summed E-state index contributed by atoms with van der Waals surface area (Å²) in [5.74, 6) is 0. The van der Waals surface area contributed by atoms with E-state index in [1.807, 2.05) is 31.2 Å². The number of rotatable bonds is 5. The number of nitrogens with one attached hydrogen (secondary N) is 1. The molecule has 0 saturated heterocycles. The van der Waals surface area contributed by atoms with E-state index in [4.69, 9.17) is 11.6 Å². The molecule has 0 fully saturated rings. The molecule has 0 heterocycles. The molecule has 0 amide bonds. The quantitative estimate of drug-likeness (QED) is 0.922. The molecule has 106 valence electrons. The SMILES string of the molecule is Cc1ccccc1CCNS(=O)(=O)c1ccccc1Cl. The average Bonchev–Trinajstić information content (AvgIpc) is 2.41. The topological polar surface area (TPSA) is 46.2 Å². The van der Waals surface area contributed by atoms with Gasteiger partial charge in [-0.05, 0) is 36.6 Å². The molecule has 0 aromatic heterocycles. The Morgan fingerprint density at radius 3 is 2.40 bits per heavy atom. The second kappa shape index (κ2) is 6.39. The molecule has 0 saturated carbocycles. The van der Waals surface area contributed by atoms with Gasteiger partial charge in [0.25, 0.3) is 0 Å². The highest BCUT2D eigenvalue weighted by molar-refractivity contribution is 7.89. The molecule has 0 bridgehead atoms. The molecule has 20 heavy (non-hydrogen) atoms. The maximum Gasteiger partial charge on any atom is 0.242 e. The highest BCUT2D eigenvalue weighted by atomic mass is 35.5. The molecular formula is C15H16ClNO2S. The van der Waals surface area contributed by atoms with Crippen LogP contribution in [0.3, 0.4) is 0 Å². The van der Waals surface area contributed by atoms with Gasteiger partial charge in [0.15, 0.2) is 0 Å². The third kappa shape index (κ3) is 3.60. The van der Waals surface area contributed by atoms with Crippen LogP contribution in [0.1, 0.15) is 11.1 Å². The lowest BCUT2D eigenvalue weighted by molar-refractivity contribution is 0.581. The summed E-state index contributed by atoms with van der Waals surface area (Å²) in [7, 11) is -3.56. The number of benzene rings is 2. The Kier molecular flexibility index (Phi) is 4.81. The van der Waals surface area contributed by atoms with E-state index in [1.165, 1.54) is 6.07 Å². The molecule has 2 rings (SSSR count). The van der Waals surface area contributed by atoms with E-state index < -0.39 is 10.0 Å². The van der Waals surface area contributed by atoms with Crippen LogP contribution in [0.25, 0.3) is 0 Å². The van der Waals surface area contributed by atoms with Crippen molar-refractivity contribution in [3.8, 4) is 0 Å². The first-order valence-corrected chi connectivity index (χ1v) is 8.15. The Morgan fingerprint density at radius 1 is 1.05 bits per heavy atom. The van der Waals surface area contributed by atoms with Crippen LogP contribution in [0.5, 0.6) is 0 Å². The maximum absolute atomic E-state index is 12.1. The minimum atomic E-state index is -3.56. The van der Waals surface area contributed by atoms with Crippen molar-refractivity contribution >= 4 is 21.6 Å². The molecule has 0 atom stereocenters. The van der Waals surface area contributed by atoms with Crippen molar-refractivity contribution in [3.63, 3.8) is 0 Å². The molecule has 0 radical (unpaired) electrons. The highest BCUT2D eigenvalue weighted by Gasteiger charge is 2.16. The summed E-state index contributed by atoms with van der Waals surface area (Å²) in [5.41, 5.74) is 2.29. The number of halogens is 1. The zero-order chi connectivity index (χ0) is 14.6. The fraction of sp³-hybridized carbons (Fsp3) is 0.200. The zero-order valence-electron chi connectivity index (χ0n) is 11.1. The number of hydrogen-bond donors (Lipinski definition) is 1. The van der Waals surface area contributed by atoms with Crippen molar-refractivity contribution in [3.05, 3.63) is 64.7 Å². The van der Waals surface area contributed by atoms with Crippen molar-refractivity contribution in [2.45, 2.75) is 18.2 Å². The molecule has 5 heteroatoms. The number of aryl methyl sites for hydroxylation is 1. The fourth-order valence-electron chi connectivity index (χ4n) is 1.95. The maximum atomic E-state index is 12.1. The van der Waals surface area contributed by atoms with Crippen LogP contribution in [-0.2, 0) is 16.4 Å². The van der Waals surface area contributed by atoms with Gasteiger partial charge in [-0.15, -0.1) is 0 Å². The first kappa shape index (κ1) is 15.0. The van der Waals surface area contributed by atoms with Gasteiger partial charge in [-0.25, -0.2) is 13.1 Å². The zero-order valence-corrected chi connectivity index (χ0v) is 12.7. The highest BCUT2D eigenvalue weighted by Crippen LogP contribution is 2.20. The van der Waals surface area contributed by atoms with Crippen LogP contribution in [0.4, 0.5) is 0 Å². The summed E-state index contributed by atoms with van der Waals surface area (Å²) in [6.45, 7) is 2.36. The smallest absolute Gasteiger partial charge is 0.211 e. The molecule has 2 aromatic carbocycles. The molecule has 0 aliphatic rings. The Hall–Kier alpha value is -1.36. The minimum absolute atomic E-state index is 0.117. The van der Waals surface area contributed by atoms with E-state index in [0.717, 1.165) is 11.1 Å². The molecule has 0 aliphatic carbocycles. The third-order valence-corrected chi connectivity index (χ3v) is 5.03. The lowest BCUT2D eigenvalue weighted by Gasteiger charge is -2.09. The monoisotopic (exact) mass is 309 g/mol. The fourth-order valence-corrected chi connectivity index (χ4v) is 3.50. The van der Waals surface area contributed by atoms with Gasteiger partial charge in [0.1, 0.15) is 4.90 Å². The summed E-state index contributed by atoms with van der Waals surface area (Å²) in [6.07, 6.45) is 0.649.